The first-order valence-electron chi connectivity index (χ1n) is 5.64. The lowest BCUT2D eigenvalue weighted by Gasteiger charge is -2.18. The van der Waals surface area contributed by atoms with E-state index in [-0.39, 0.29) is 11.9 Å². The van der Waals surface area contributed by atoms with Gasteiger partial charge in [0, 0.05) is 15.0 Å². The highest BCUT2D eigenvalue weighted by atomic mass is 79.9. The molecule has 1 unspecified atom stereocenters. The van der Waals surface area contributed by atoms with Crippen LogP contribution in [-0.4, -0.2) is 0 Å². The summed E-state index contributed by atoms with van der Waals surface area (Å²) in [6.07, 6.45) is 0. The Hall–Kier alpha value is -0.580. The number of rotatable bonds is 3. The predicted molar refractivity (Wildman–Crippen MR) is 85.3 cm³/mol. The third-order valence-electron chi connectivity index (χ3n) is 2.73. The zero-order valence-electron chi connectivity index (χ0n) is 10.1. The molecular formula is C14H11Br2ClFN. The van der Waals surface area contributed by atoms with Gasteiger partial charge in [0.2, 0.25) is 0 Å². The van der Waals surface area contributed by atoms with Crippen molar-refractivity contribution in [1.29, 1.82) is 0 Å². The molecule has 0 radical (unpaired) electrons. The van der Waals surface area contributed by atoms with E-state index in [1.165, 1.54) is 12.1 Å². The molecule has 1 nitrogen and oxygen atoms in total. The third-order valence-corrected chi connectivity index (χ3v) is 4.22. The van der Waals surface area contributed by atoms with Crippen LogP contribution in [0.2, 0.25) is 5.02 Å². The average molecular weight is 408 g/mol. The lowest BCUT2D eigenvalue weighted by Crippen LogP contribution is -2.07. The van der Waals surface area contributed by atoms with Crippen molar-refractivity contribution in [3.63, 3.8) is 0 Å². The molecule has 2 aromatic carbocycles. The second-order valence-corrected chi connectivity index (χ2v) is 6.33. The maximum Gasteiger partial charge on any atom is 0.124 e. The molecule has 0 aliphatic carbocycles. The third kappa shape index (κ3) is 3.71. The molecule has 1 atom stereocenters. The topological polar surface area (TPSA) is 12.0 Å². The fourth-order valence-corrected chi connectivity index (χ4v) is 3.38. The Morgan fingerprint density at radius 3 is 2.53 bits per heavy atom. The Labute approximate surface area is 133 Å². The summed E-state index contributed by atoms with van der Waals surface area (Å²) >= 11 is 13.0. The minimum atomic E-state index is -0.340. The summed E-state index contributed by atoms with van der Waals surface area (Å²) in [5.41, 5.74) is 1.81. The molecule has 5 heteroatoms. The largest absolute Gasteiger partial charge is 0.377 e. The quantitative estimate of drug-likeness (QED) is 0.641. The van der Waals surface area contributed by atoms with E-state index in [2.05, 4.69) is 37.2 Å². The maximum atomic E-state index is 13.0. The van der Waals surface area contributed by atoms with Gasteiger partial charge in [-0.15, -0.1) is 0 Å². The van der Waals surface area contributed by atoms with Gasteiger partial charge < -0.3 is 5.32 Å². The van der Waals surface area contributed by atoms with Crippen LogP contribution in [0.25, 0.3) is 0 Å². The first kappa shape index (κ1) is 14.8. The van der Waals surface area contributed by atoms with Crippen LogP contribution < -0.4 is 5.32 Å². The molecule has 100 valence electrons. The van der Waals surface area contributed by atoms with E-state index in [4.69, 9.17) is 11.6 Å². The van der Waals surface area contributed by atoms with Crippen molar-refractivity contribution >= 4 is 49.1 Å². The minimum Gasteiger partial charge on any atom is -0.377 e. The van der Waals surface area contributed by atoms with Crippen LogP contribution in [0.1, 0.15) is 18.5 Å². The van der Waals surface area contributed by atoms with Crippen LogP contribution in [0, 0.1) is 5.82 Å². The Kier molecular flexibility index (Phi) is 4.87. The van der Waals surface area contributed by atoms with Crippen molar-refractivity contribution in [3.8, 4) is 0 Å². The van der Waals surface area contributed by atoms with Crippen LogP contribution in [0.15, 0.2) is 45.3 Å². The van der Waals surface area contributed by atoms with E-state index in [1.807, 2.05) is 25.1 Å². The zero-order chi connectivity index (χ0) is 14.0. The summed E-state index contributed by atoms with van der Waals surface area (Å²) in [6, 6.07) is 10.4. The van der Waals surface area contributed by atoms with Crippen LogP contribution in [0.3, 0.4) is 0 Å². The normalized spacial score (nSPS) is 12.3. The molecule has 0 bridgehead atoms. The monoisotopic (exact) mass is 405 g/mol. The van der Waals surface area contributed by atoms with Crippen molar-refractivity contribution in [1.82, 2.24) is 0 Å². The Morgan fingerprint density at radius 1 is 1.16 bits per heavy atom. The van der Waals surface area contributed by atoms with E-state index < -0.39 is 0 Å². The van der Waals surface area contributed by atoms with Gasteiger partial charge in [0.1, 0.15) is 5.82 Å². The average Bonchev–Trinajstić information content (AvgIpc) is 2.32. The summed E-state index contributed by atoms with van der Waals surface area (Å²) < 4.78 is 15.0. The SMILES string of the molecule is CC(Nc1ccc(F)cc1Cl)c1ccc(Br)cc1Br. The summed E-state index contributed by atoms with van der Waals surface area (Å²) in [5, 5.41) is 3.65. The van der Waals surface area contributed by atoms with Crippen molar-refractivity contribution in [3.05, 3.63) is 61.7 Å². The van der Waals surface area contributed by atoms with Gasteiger partial charge in [-0.05, 0) is 42.8 Å². The van der Waals surface area contributed by atoms with Crippen LogP contribution >= 0.6 is 43.5 Å². The number of benzene rings is 2. The molecular weight excluding hydrogens is 396 g/mol. The molecule has 1 N–H and O–H groups in total. The van der Waals surface area contributed by atoms with Gasteiger partial charge in [-0.25, -0.2) is 4.39 Å². The standard InChI is InChI=1S/C14H11Br2ClFN/c1-8(11-4-2-9(15)6-12(11)16)19-14-5-3-10(18)7-13(14)17/h2-8,19H,1H3. The summed E-state index contributed by atoms with van der Waals surface area (Å²) in [6.45, 7) is 2.02. The van der Waals surface area contributed by atoms with Crippen molar-refractivity contribution in [2.75, 3.05) is 5.32 Å². The number of hydrogen-bond donors (Lipinski definition) is 1. The molecule has 0 amide bonds. The van der Waals surface area contributed by atoms with E-state index in [9.17, 15) is 4.39 Å². The van der Waals surface area contributed by atoms with E-state index in [0.717, 1.165) is 14.5 Å². The van der Waals surface area contributed by atoms with Gasteiger partial charge in [0.05, 0.1) is 10.7 Å². The van der Waals surface area contributed by atoms with Gasteiger partial charge in [0.15, 0.2) is 0 Å². The summed E-state index contributed by atoms with van der Waals surface area (Å²) in [5.74, 6) is -0.340. The molecule has 0 saturated carbocycles. The molecule has 0 heterocycles. The molecule has 0 aliphatic heterocycles. The highest BCUT2D eigenvalue weighted by molar-refractivity contribution is 9.11. The van der Waals surface area contributed by atoms with Crippen molar-refractivity contribution in [2.45, 2.75) is 13.0 Å². The zero-order valence-corrected chi connectivity index (χ0v) is 14.0. The molecule has 0 aromatic heterocycles. The Morgan fingerprint density at radius 2 is 1.89 bits per heavy atom. The van der Waals surface area contributed by atoms with E-state index in [1.54, 1.807) is 6.07 Å². The van der Waals surface area contributed by atoms with E-state index >= 15 is 0 Å². The number of hydrogen-bond acceptors (Lipinski definition) is 1. The molecule has 0 spiro atoms. The lowest BCUT2D eigenvalue weighted by atomic mass is 10.1. The second kappa shape index (κ2) is 6.25. The molecule has 0 saturated heterocycles. The van der Waals surface area contributed by atoms with Crippen LogP contribution in [0.4, 0.5) is 10.1 Å². The van der Waals surface area contributed by atoms with Gasteiger partial charge in [-0.2, -0.15) is 0 Å². The molecule has 2 rings (SSSR count). The van der Waals surface area contributed by atoms with Gasteiger partial charge in [0.25, 0.3) is 0 Å². The maximum absolute atomic E-state index is 13.0. The van der Waals surface area contributed by atoms with Crippen molar-refractivity contribution < 1.29 is 4.39 Å². The highest BCUT2D eigenvalue weighted by Crippen LogP contribution is 2.31. The van der Waals surface area contributed by atoms with Gasteiger partial charge >= 0.3 is 0 Å². The Balaban J connectivity index is 2.23. The van der Waals surface area contributed by atoms with E-state index in [0.29, 0.717) is 10.7 Å². The fraction of sp³-hybridized carbons (Fsp3) is 0.143. The van der Waals surface area contributed by atoms with Gasteiger partial charge in [-0.3, -0.25) is 0 Å². The van der Waals surface area contributed by atoms with Gasteiger partial charge in [-0.1, -0.05) is 49.5 Å². The molecule has 19 heavy (non-hydrogen) atoms. The number of anilines is 1. The molecule has 0 fully saturated rings. The highest BCUT2D eigenvalue weighted by Gasteiger charge is 2.11. The Bertz CT molecular complexity index is 604. The minimum absolute atomic E-state index is 0.0467. The van der Waals surface area contributed by atoms with Crippen LogP contribution in [-0.2, 0) is 0 Å². The lowest BCUT2D eigenvalue weighted by molar-refractivity contribution is 0.628. The number of halogens is 4. The second-order valence-electron chi connectivity index (χ2n) is 4.16. The predicted octanol–water partition coefficient (Wildman–Crippen LogP) is 6.18. The summed E-state index contributed by atoms with van der Waals surface area (Å²) in [4.78, 5) is 0. The molecule has 2 aromatic rings. The van der Waals surface area contributed by atoms with Crippen LogP contribution in [0.5, 0.6) is 0 Å². The fourth-order valence-electron chi connectivity index (χ4n) is 1.77. The first-order chi connectivity index (χ1) is 8.97. The van der Waals surface area contributed by atoms with Crippen molar-refractivity contribution in [2.24, 2.45) is 0 Å². The number of nitrogens with one attached hydrogen (secondary N) is 1. The first-order valence-corrected chi connectivity index (χ1v) is 7.60. The smallest absolute Gasteiger partial charge is 0.124 e. The molecule has 0 aliphatic rings. The summed E-state index contributed by atoms with van der Waals surface area (Å²) in [7, 11) is 0.